The van der Waals surface area contributed by atoms with Crippen LogP contribution in [0.1, 0.15) is 15.9 Å². The molecular weight excluding hydrogens is 441 g/mol. The van der Waals surface area contributed by atoms with Gasteiger partial charge in [0.25, 0.3) is 5.91 Å². The Morgan fingerprint density at radius 3 is 2.23 bits per heavy atom. The summed E-state index contributed by atoms with van der Waals surface area (Å²) < 4.78 is 0. The Morgan fingerprint density at radius 2 is 1.53 bits per heavy atom. The monoisotopic (exact) mass is 457 g/mol. The number of anilines is 2. The van der Waals surface area contributed by atoms with E-state index in [9.17, 15) is 9.59 Å². The highest BCUT2D eigenvalue weighted by Gasteiger charge is 2.12. The number of thiocarbonyl (C=S) groups is 1. The zero-order valence-electron chi connectivity index (χ0n) is 15.6. The highest BCUT2D eigenvalue weighted by molar-refractivity contribution is 7.80. The fourth-order valence-corrected chi connectivity index (χ4v) is 3.39. The number of carbonyl (C=O) groups excluding carboxylic acids is 2. The van der Waals surface area contributed by atoms with E-state index in [0.29, 0.717) is 22.0 Å². The van der Waals surface area contributed by atoms with Crippen LogP contribution in [-0.4, -0.2) is 16.9 Å². The van der Waals surface area contributed by atoms with Crippen LogP contribution < -0.4 is 16.0 Å². The van der Waals surface area contributed by atoms with Crippen molar-refractivity contribution in [1.82, 2.24) is 5.32 Å². The standard InChI is InChI=1S/C22H17Cl2N3O2S/c23-15-9-10-18(19(24)12-15)21(29)25-16-7-4-8-17(13-16)26-22(30)27-20(28)11-14-5-2-1-3-6-14/h1-10,12-13H,11H2,(H,25,29)(H2,26,27,28,30). The first-order chi connectivity index (χ1) is 14.4. The molecule has 0 radical (unpaired) electrons. The molecule has 3 aromatic rings. The normalized spacial score (nSPS) is 10.2. The van der Waals surface area contributed by atoms with Crippen molar-refractivity contribution >= 4 is 63.7 Å². The molecule has 0 unspecified atom stereocenters. The van der Waals surface area contributed by atoms with Crippen LogP contribution in [0.4, 0.5) is 11.4 Å². The van der Waals surface area contributed by atoms with Gasteiger partial charge in [0.15, 0.2) is 5.11 Å². The third kappa shape index (κ3) is 6.29. The molecule has 152 valence electrons. The molecule has 0 aliphatic heterocycles. The number of hydrogen-bond donors (Lipinski definition) is 3. The first-order valence-electron chi connectivity index (χ1n) is 8.92. The zero-order valence-corrected chi connectivity index (χ0v) is 17.9. The van der Waals surface area contributed by atoms with Crippen molar-refractivity contribution in [2.75, 3.05) is 10.6 Å². The van der Waals surface area contributed by atoms with Gasteiger partial charge in [-0.05, 0) is 54.2 Å². The number of halogens is 2. The molecule has 0 saturated heterocycles. The summed E-state index contributed by atoms with van der Waals surface area (Å²) in [5, 5.41) is 9.22. The van der Waals surface area contributed by atoms with E-state index in [0.717, 1.165) is 5.56 Å². The summed E-state index contributed by atoms with van der Waals surface area (Å²) in [6, 6.07) is 21.0. The van der Waals surface area contributed by atoms with Crippen molar-refractivity contribution < 1.29 is 9.59 Å². The van der Waals surface area contributed by atoms with Crippen molar-refractivity contribution in [3.63, 3.8) is 0 Å². The summed E-state index contributed by atoms with van der Waals surface area (Å²) in [7, 11) is 0. The number of carbonyl (C=O) groups is 2. The molecule has 8 heteroatoms. The van der Waals surface area contributed by atoms with Gasteiger partial charge in [0.1, 0.15) is 0 Å². The lowest BCUT2D eigenvalue weighted by Crippen LogP contribution is -2.35. The molecule has 0 saturated carbocycles. The molecule has 30 heavy (non-hydrogen) atoms. The molecule has 0 heterocycles. The van der Waals surface area contributed by atoms with E-state index in [1.807, 2.05) is 30.3 Å². The van der Waals surface area contributed by atoms with Crippen molar-refractivity contribution in [2.24, 2.45) is 0 Å². The maximum absolute atomic E-state index is 12.5. The van der Waals surface area contributed by atoms with Crippen LogP contribution in [0.3, 0.4) is 0 Å². The van der Waals surface area contributed by atoms with E-state index in [4.69, 9.17) is 35.4 Å². The van der Waals surface area contributed by atoms with Crippen molar-refractivity contribution in [1.29, 1.82) is 0 Å². The Balaban J connectivity index is 1.59. The molecule has 3 N–H and O–H groups in total. The third-order valence-electron chi connectivity index (χ3n) is 4.01. The molecule has 0 aliphatic rings. The van der Waals surface area contributed by atoms with E-state index in [1.165, 1.54) is 6.07 Å². The maximum atomic E-state index is 12.5. The van der Waals surface area contributed by atoms with Gasteiger partial charge in [-0.15, -0.1) is 0 Å². The Bertz CT molecular complexity index is 1090. The third-order valence-corrected chi connectivity index (χ3v) is 4.77. The topological polar surface area (TPSA) is 70.2 Å². The smallest absolute Gasteiger partial charge is 0.257 e. The number of amides is 2. The highest BCUT2D eigenvalue weighted by Crippen LogP contribution is 2.23. The number of nitrogens with one attached hydrogen (secondary N) is 3. The minimum Gasteiger partial charge on any atom is -0.332 e. The van der Waals surface area contributed by atoms with Gasteiger partial charge in [-0.25, -0.2) is 0 Å². The van der Waals surface area contributed by atoms with E-state index in [-0.39, 0.29) is 28.4 Å². The van der Waals surface area contributed by atoms with Gasteiger partial charge in [-0.1, -0.05) is 59.6 Å². The first kappa shape index (κ1) is 21.8. The zero-order chi connectivity index (χ0) is 21.5. The van der Waals surface area contributed by atoms with E-state index >= 15 is 0 Å². The summed E-state index contributed by atoms with van der Waals surface area (Å²) in [4.78, 5) is 24.6. The molecule has 0 bridgehead atoms. The van der Waals surface area contributed by atoms with Crippen molar-refractivity contribution in [3.05, 3.63) is 94.0 Å². The van der Waals surface area contributed by atoms with Gasteiger partial charge >= 0.3 is 0 Å². The van der Waals surface area contributed by atoms with Gasteiger partial charge < -0.3 is 16.0 Å². The molecule has 0 spiro atoms. The average molecular weight is 458 g/mol. The Labute approximate surface area is 189 Å². The van der Waals surface area contributed by atoms with Gasteiger partial charge in [-0.2, -0.15) is 0 Å². The van der Waals surface area contributed by atoms with Crippen LogP contribution in [-0.2, 0) is 11.2 Å². The average Bonchev–Trinajstić information content (AvgIpc) is 2.68. The summed E-state index contributed by atoms with van der Waals surface area (Å²) in [5.41, 5.74) is 2.35. The molecule has 0 fully saturated rings. The molecule has 3 rings (SSSR count). The Hall–Kier alpha value is -2.93. The van der Waals surface area contributed by atoms with E-state index < -0.39 is 0 Å². The van der Waals surface area contributed by atoms with E-state index in [2.05, 4.69) is 16.0 Å². The van der Waals surface area contributed by atoms with Crippen LogP contribution in [0.5, 0.6) is 0 Å². The summed E-state index contributed by atoms with van der Waals surface area (Å²) in [6.45, 7) is 0. The summed E-state index contributed by atoms with van der Waals surface area (Å²) >= 11 is 17.2. The van der Waals surface area contributed by atoms with Gasteiger partial charge in [0, 0.05) is 16.4 Å². The lowest BCUT2D eigenvalue weighted by molar-refractivity contribution is -0.119. The van der Waals surface area contributed by atoms with Crippen molar-refractivity contribution in [2.45, 2.75) is 6.42 Å². The lowest BCUT2D eigenvalue weighted by atomic mass is 10.1. The SMILES string of the molecule is O=C(Cc1ccccc1)NC(=S)Nc1cccc(NC(=O)c2ccc(Cl)cc2Cl)c1. The predicted octanol–water partition coefficient (Wildman–Crippen LogP) is 5.30. The molecule has 5 nitrogen and oxygen atoms in total. The fourth-order valence-electron chi connectivity index (χ4n) is 2.66. The molecule has 3 aromatic carbocycles. The Morgan fingerprint density at radius 1 is 0.833 bits per heavy atom. The second-order valence-corrected chi connectivity index (χ2v) is 7.58. The molecule has 0 aliphatic carbocycles. The number of hydrogen-bond acceptors (Lipinski definition) is 3. The summed E-state index contributed by atoms with van der Waals surface area (Å²) in [5.74, 6) is -0.590. The molecule has 0 atom stereocenters. The highest BCUT2D eigenvalue weighted by atomic mass is 35.5. The quantitative estimate of drug-likeness (QED) is 0.454. The van der Waals surface area contributed by atoms with Crippen LogP contribution in [0.25, 0.3) is 0 Å². The van der Waals surface area contributed by atoms with Crippen molar-refractivity contribution in [3.8, 4) is 0 Å². The minimum absolute atomic E-state index is 0.167. The van der Waals surface area contributed by atoms with Crippen LogP contribution in [0.2, 0.25) is 10.0 Å². The number of rotatable bonds is 5. The van der Waals surface area contributed by atoms with Gasteiger partial charge in [-0.3, -0.25) is 9.59 Å². The first-order valence-corrected chi connectivity index (χ1v) is 10.1. The predicted molar refractivity (Wildman–Crippen MR) is 125 cm³/mol. The van der Waals surface area contributed by atoms with Crippen LogP contribution in [0, 0.1) is 0 Å². The van der Waals surface area contributed by atoms with E-state index in [1.54, 1.807) is 36.4 Å². The second kappa shape index (κ2) is 10.2. The lowest BCUT2D eigenvalue weighted by Gasteiger charge is -2.12. The van der Waals surface area contributed by atoms with Crippen LogP contribution in [0.15, 0.2) is 72.8 Å². The van der Waals surface area contributed by atoms with Gasteiger partial charge in [0.2, 0.25) is 5.91 Å². The largest absolute Gasteiger partial charge is 0.332 e. The second-order valence-electron chi connectivity index (χ2n) is 6.32. The molecule has 0 aromatic heterocycles. The fraction of sp³-hybridized carbons (Fsp3) is 0.0455. The summed E-state index contributed by atoms with van der Waals surface area (Å²) in [6.07, 6.45) is 0.223. The molecule has 2 amide bonds. The maximum Gasteiger partial charge on any atom is 0.257 e. The minimum atomic E-state index is -0.368. The number of benzene rings is 3. The Kier molecular flexibility index (Phi) is 7.41. The van der Waals surface area contributed by atoms with Crippen LogP contribution >= 0.6 is 35.4 Å². The molecular formula is C22H17Cl2N3O2S. The van der Waals surface area contributed by atoms with Gasteiger partial charge in [0.05, 0.1) is 17.0 Å².